The van der Waals surface area contributed by atoms with Gasteiger partial charge in [-0.25, -0.2) is 8.78 Å². The summed E-state index contributed by atoms with van der Waals surface area (Å²) in [5.41, 5.74) is 1.21. The lowest BCUT2D eigenvalue weighted by atomic mass is 9.79. The van der Waals surface area contributed by atoms with Crippen molar-refractivity contribution in [1.82, 2.24) is 0 Å². The predicted molar refractivity (Wildman–Crippen MR) is 70.4 cm³/mol. The minimum Gasteiger partial charge on any atom is -0.216 e. The van der Waals surface area contributed by atoms with E-state index in [0.29, 0.717) is 12.2 Å². The lowest BCUT2D eigenvalue weighted by Gasteiger charge is -2.26. The first-order chi connectivity index (χ1) is 8.78. The van der Waals surface area contributed by atoms with Crippen LogP contribution in [-0.4, -0.2) is 0 Å². The summed E-state index contributed by atoms with van der Waals surface area (Å²) in [5, 5.41) is 0. The van der Waals surface area contributed by atoms with Gasteiger partial charge in [0.1, 0.15) is 5.82 Å². The van der Waals surface area contributed by atoms with Gasteiger partial charge < -0.3 is 0 Å². The number of hydrogen-bond acceptors (Lipinski definition) is 0. The Kier molecular flexibility index (Phi) is 4.91. The Morgan fingerprint density at radius 1 is 1.06 bits per heavy atom. The van der Waals surface area contributed by atoms with E-state index < -0.39 is 0 Å². The Morgan fingerprint density at radius 3 is 2.33 bits per heavy atom. The van der Waals surface area contributed by atoms with Crippen molar-refractivity contribution in [2.45, 2.75) is 38.5 Å². The third kappa shape index (κ3) is 3.94. The van der Waals surface area contributed by atoms with Crippen molar-refractivity contribution in [3.05, 3.63) is 48.1 Å². The van der Waals surface area contributed by atoms with Gasteiger partial charge in [0.05, 0.1) is 6.33 Å². The fraction of sp³-hybridized carbons (Fsp3) is 0.500. The van der Waals surface area contributed by atoms with Gasteiger partial charge >= 0.3 is 0 Å². The fourth-order valence-electron chi connectivity index (χ4n) is 2.79. The summed E-state index contributed by atoms with van der Waals surface area (Å²) in [6.07, 6.45) is 9.15. The van der Waals surface area contributed by atoms with Gasteiger partial charge in [-0.15, -0.1) is 0 Å². The Hall–Kier alpha value is -1.18. The lowest BCUT2D eigenvalue weighted by molar-refractivity contribution is 0.295. The van der Waals surface area contributed by atoms with E-state index in [2.05, 4.69) is 0 Å². The van der Waals surface area contributed by atoms with Gasteiger partial charge in [0.2, 0.25) is 0 Å². The van der Waals surface area contributed by atoms with Crippen LogP contribution in [0.15, 0.2) is 36.7 Å². The normalized spacial score (nSPS) is 24.6. The summed E-state index contributed by atoms with van der Waals surface area (Å²) in [5.74, 6) is 1.02. The minimum atomic E-state index is -0.169. The average molecular weight is 250 g/mol. The molecule has 1 saturated carbocycles. The third-order valence-electron chi connectivity index (χ3n) is 3.99. The molecule has 98 valence electrons. The molecule has 0 unspecified atom stereocenters. The van der Waals surface area contributed by atoms with E-state index in [4.69, 9.17) is 0 Å². The maximum Gasteiger partial charge on any atom is 0.123 e. The molecule has 1 aliphatic rings. The van der Waals surface area contributed by atoms with Crippen LogP contribution < -0.4 is 0 Å². The van der Waals surface area contributed by atoms with Crippen LogP contribution >= 0.6 is 0 Å². The van der Waals surface area contributed by atoms with E-state index in [9.17, 15) is 8.78 Å². The molecule has 0 heterocycles. The molecular formula is C16H20F2. The zero-order valence-electron chi connectivity index (χ0n) is 10.6. The van der Waals surface area contributed by atoms with Crippen LogP contribution in [0.25, 0.3) is 0 Å². The van der Waals surface area contributed by atoms with Gasteiger partial charge in [0, 0.05) is 0 Å². The van der Waals surface area contributed by atoms with Crippen molar-refractivity contribution in [3.8, 4) is 0 Å². The van der Waals surface area contributed by atoms with Gasteiger partial charge in [-0.3, -0.25) is 0 Å². The molecule has 0 radical (unpaired) electrons. The molecule has 2 heteroatoms. The molecule has 0 atom stereocenters. The number of hydrogen-bond donors (Lipinski definition) is 0. The highest BCUT2D eigenvalue weighted by molar-refractivity contribution is 5.16. The van der Waals surface area contributed by atoms with Crippen molar-refractivity contribution in [3.63, 3.8) is 0 Å². The zero-order chi connectivity index (χ0) is 12.8. The Bertz CT molecular complexity index is 373. The number of allylic oxidation sites excluding steroid dienone is 1. The smallest absolute Gasteiger partial charge is 0.123 e. The second kappa shape index (κ2) is 6.67. The summed E-state index contributed by atoms with van der Waals surface area (Å²) in [6.45, 7) is 0. The van der Waals surface area contributed by atoms with Gasteiger partial charge in [0.25, 0.3) is 0 Å². The van der Waals surface area contributed by atoms with E-state index in [0.717, 1.165) is 31.6 Å². The maximum absolute atomic E-state index is 12.8. The second-order valence-electron chi connectivity index (χ2n) is 5.26. The maximum atomic E-state index is 12.8. The molecule has 1 aliphatic carbocycles. The van der Waals surface area contributed by atoms with E-state index in [-0.39, 0.29) is 5.82 Å². The minimum absolute atomic E-state index is 0.169. The van der Waals surface area contributed by atoms with Crippen LogP contribution in [0.4, 0.5) is 8.78 Å². The van der Waals surface area contributed by atoms with Crippen molar-refractivity contribution < 1.29 is 8.78 Å². The van der Waals surface area contributed by atoms with Gasteiger partial charge in [-0.2, -0.15) is 0 Å². The van der Waals surface area contributed by atoms with Crippen LogP contribution in [0.1, 0.15) is 37.7 Å². The topological polar surface area (TPSA) is 0 Å². The summed E-state index contributed by atoms with van der Waals surface area (Å²) in [7, 11) is 0. The number of aryl methyl sites for hydroxylation is 1. The van der Waals surface area contributed by atoms with E-state index in [1.54, 1.807) is 6.08 Å². The average Bonchev–Trinajstić information content (AvgIpc) is 2.40. The van der Waals surface area contributed by atoms with Crippen molar-refractivity contribution in [1.29, 1.82) is 0 Å². The first-order valence-corrected chi connectivity index (χ1v) is 6.79. The summed E-state index contributed by atoms with van der Waals surface area (Å²) in [6, 6.07) is 6.79. The molecule has 2 rings (SSSR count). The molecule has 0 spiro atoms. The standard InChI is InChI=1S/C16H20F2/c17-12-11-15-5-3-13(4-6-15)1-2-14-7-9-16(18)10-8-14/h7-13,15H,1-6H2/b12-11+. The molecule has 0 aromatic heterocycles. The van der Waals surface area contributed by atoms with Crippen LogP contribution in [-0.2, 0) is 6.42 Å². The Morgan fingerprint density at radius 2 is 1.72 bits per heavy atom. The fourth-order valence-corrected chi connectivity index (χ4v) is 2.79. The van der Waals surface area contributed by atoms with E-state index in [1.807, 2.05) is 12.1 Å². The quantitative estimate of drug-likeness (QED) is 0.701. The molecule has 1 aromatic carbocycles. The largest absolute Gasteiger partial charge is 0.216 e. The highest BCUT2D eigenvalue weighted by atomic mass is 19.1. The highest BCUT2D eigenvalue weighted by Crippen LogP contribution is 2.32. The molecule has 1 fully saturated rings. The van der Waals surface area contributed by atoms with Crippen LogP contribution in [0, 0.1) is 17.7 Å². The molecule has 0 N–H and O–H groups in total. The van der Waals surface area contributed by atoms with Gasteiger partial charge in [-0.1, -0.05) is 18.2 Å². The van der Waals surface area contributed by atoms with Crippen LogP contribution in [0.3, 0.4) is 0 Å². The van der Waals surface area contributed by atoms with E-state index in [1.165, 1.54) is 30.5 Å². The SMILES string of the molecule is F/C=C/C1CCC(CCc2ccc(F)cc2)CC1. The van der Waals surface area contributed by atoms with Crippen LogP contribution in [0.2, 0.25) is 0 Å². The number of halogens is 2. The summed E-state index contributed by atoms with van der Waals surface area (Å²) >= 11 is 0. The zero-order valence-corrected chi connectivity index (χ0v) is 10.6. The molecule has 0 aliphatic heterocycles. The van der Waals surface area contributed by atoms with Crippen molar-refractivity contribution >= 4 is 0 Å². The van der Waals surface area contributed by atoms with Crippen molar-refractivity contribution in [2.24, 2.45) is 11.8 Å². The molecule has 0 saturated heterocycles. The second-order valence-corrected chi connectivity index (χ2v) is 5.26. The monoisotopic (exact) mass is 250 g/mol. The third-order valence-corrected chi connectivity index (χ3v) is 3.99. The van der Waals surface area contributed by atoms with E-state index >= 15 is 0 Å². The Balaban J connectivity index is 1.73. The molecule has 0 nitrogen and oxygen atoms in total. The van der Waals surface area contributed by atoms with Gasteiger partial charge in [-0.05, 0) is 68.1 Å². The molecule has 0 bridgehead atoms. The number of benzene rings is 1. The van der Waals surface area contributed by atoms with Crippen LogP contribution in [0.5, 0.6) is 0 Å². The van der Waals surface area contributed by atoms with Crippen molar-refractivity contribution in [2.75, 3.05) is 0 Å². The summed E-state index contributed by atoms with van der Waals surface area (Å²) in [4.78, 5) is 0. The predicted octanol–water partition coefficient (Wildman–Crippen LogP) is 5.05. The first-order valence-electron chi connectivity index (χ1n) is 6.79. The molecular weight excluding hydrogens is 230 g/mol. The van der Waals surface area contributed by atoms with Gasteiger partial charge in [0.15, 0.2) is 0 Å². The number of rotatable bonds is 4. The highest BCUT2D eigenvalue weighted by Gasteiger charge is 2.19. The summed E-state index contributed by atoms with van der Waals surface area (Å²) < 4.78 is 24.8. The Labute approximate surface area is 108 Å². The first kappa shape index (κ1) is 13.3. The molecule has 18 heavy (non-hydrogen) atoms. The lowest BCUT2D eigenvalue weighted by Crippen LogP contribution is -2.13. The molecule has 0 amide bonds. The molecule has 1 aromatic rings.